The highest BCUT2D eigenvalue weighted by molar-refractivity contribution is 6.35. The van der Waals surface area contributed by atoms with Gasteiger partial charge in [-0.05, 0) is 24.3 Å². The second-order valence-corrected chi connectivity index (χ2v) is 4.93. The van der Waals surface area contributed by atoms with E-state index in [1.54, 1.807) is 31.2 Å². The third kappa shape index (κ3) is 3.52. The zero-order chi connectivity index (χ0) is 14.4. The average Bonchev–Trinajstić information content (AvgIpc) is 2.49. The Labute approximate surface area is 123 Å². The predicted molar refractivity (Wildman–Crippen MR) is 81.0 cm³/mol. The van der Waals surface area contributed by atoms with Crippen molar-refractivity contribution in [2.75, 3.05) is 5.32 Å². The number of ether oxygens (including phenoxy) is 1. The Morgan fingerprint density at radius 1 is 1.10 bits per heavy atom. The number of anilines is 1. The van der Waals surface area contributed by atoms with Gasteiger partial charge >= 0.3 is 0 Å². The van der Waals surface area contributed by atoms with Gasteiger partial charge in [-0.15, -0.1) is 0 Å². The number of amides is 1. The molecule has 0 fully saturated rings. The van der Waals surface area contributed by atoms with Crippen LogP contribution in [0.4, 0.5) is 5.69 Å². The molecule has 0 bridgehead atoms. The van der Waals surface area contributed by atoms with Gasteiger partial charge in [0.1, 0.15) is 5.75 Å². The van der Waals surface area contributed by atoms with Crippen molar-refractivity contribution in [3.8, 4) is 5.75 Å². The van der Waals surface area contributed by atoms with Crippen molar-refractivity contribution in [2.45, 2.75) is 18.4 Å². The molecule has 1 N–H and O–H groups in total. The summed E-state index contributed by atoms with van der Waals surface area (Å²) in [5.41, 5.74) is 0.688. The molecule has 0 spiro atoms. The molecular weight excluding hydrogens is 274 g/mol. The number of rotatable bonds is 5. The highest BCUT2D eigenvalue weighted by Gasteiger charge is 2.37. The van der Waals surface area contributed by atoms with E-state index in [9.17, 15) is 4.79 Å². The van der Waals surface area contributed by atoms with Gasteiger partial charge < -0.3 is 10.1 Å². The molecule has 2 rings (SSSR count). The number of carbonyl (C=O) groups is 1. The fourth-order valence-corrected chi connectivity index (χ4v) is 1.84. The summed E-state index contributed by atoms with van der Waals surface area (Å²) < 4.78 is 5.64. The van der Waals surface area contributed by atoms with Gasteiger partial charge in [-0.3, -0.25) is 4.79 Å². The number of para-hydroxylation sites is 2. The van der Waals surface area contributed by atoms with Crippen molar-refractivity contribution >= 4 is 23.2 Å². The van der Waals surface area contributed by atoms with E-state index in [-0.39, 0.29) is 5.91 Å². The van der Waals surface area contributed by atoms with E-state index in [2.05, 4.69) is 5.32 Å². The minimum atomic E-state index is -1.42. The molecule has 0 saturated heterocycles. The summed E-state index contributed by atoms with van der Waals surface area (Å²) in [6.45, 7) is 1.81. The van der Waals surface area contributed by atoms with Crippen LogP contribution in [0.5, 0.6) is 5.75 Å². The third-order valence-corrected chi connectivity index (χ3v) is 3.36. The fraction of sp³-hybridized carbons (Fsp3) is 0.188. The summed E-state index contributed by atoms with van der Waals surface area (Å²) in [4.78, 5) is 12.3. The van der Waals surface area contributed by atoms with Crippen molar-refractivity contribution in [2.24, 2.45) is 0 Å². The number of benzene rings is 2. The molecule has 0 heterocycles. The van der Waals surface area contributed by atoms with E-state index in [1.165, 1.54) is 0 Å². The molecule has 4 heteroatoms. The predicted octanol–water partition coefficient (Wildman–Crippen LogP) is 4.05. The van der Waals surface area contributed by atoms with E-state index in [4.69, 9.17) is 16.3 Å². The van der Waals surface area contributed by atoms with Gasteiger partial charge in [0.2, 0.25) is 0 Å². The lowest BCUT2D eigenvalue weighted by Gasteiger charge is -2.25. The second kappa shape index (κ2) is 6.44. The van der Waals surface area contributed by atoms with Gasteiger partial charge in [0.25, 0.3) is 11.0 Å². The van der Waals surface area contributed by atoms with Crippen molar-refractivity contribution < 1.29 is 9.53 Å². The second-order valence-electron chi connectivity index (χ2n) is 4.32. The molecular formula is C16H16ClNO2. The molecule has 1 amide bonds. The zero-order valence-corrected chi connectivity index (χ0v) is 11.9. The fourth-order valence-electron chi connectivity index (χ4n) is 1.70. The van der Waals surface area contributed by atoms with E-state index in [1.807, 2.05) is 36.4 Å². The summed E-state index contributed by atoms with van der Waals surface area (Å²) >= 11 is 6.32. The quantitative estimate of drug-likeness (QED) is 0.843. The lowest BCUT2D eigenvalue weighted by atomic mass is 10.2. The van der Waals surface area contributed by atoms with E-state index < -0.39 is 5.06 Å². The topological polar surface area (TPSA) is 38.3 Å². The Balaban J connectivity index is 2.11. The van der Waals surface area contributed by atoms with Gasteiger partial charge in [0, 0.05) is 12.1 Å². The average molecular weight is 290 g/mol. The molecule has 104 valence electrons. The molecule has 3 nitrogen and oxygen atoms in total. The molecule has 0 aliphatic carbocycles. The highest BCUT2D eigenvalue weighted by Crippen LogP contribution is 2.27. The minimum Gasteiger partial charge on any atom is -0.462 e. The Morgan fingerprint density at radius 2 is 1.65 bits per heavy atom. The Morgan fingerprint density at radius 3 is 2.20 bits per heavy atom. The molecule has 0 radical (unpaired) electrons. The smallest absolute Gasteiger partial charge is 0.284 e. The van der Waals surface area contributed by atoms with Crippen molar-refractivity contribution in [3.63, 3.8) is 0 Å². The molecule has 0 aliphatic heterocycles. The van der Waals surface area contributed by atoms with Gasteiger partial charge in [0.05, 0.1) is 0 Å². The van der Waals surface area contributed by atoms with Crippen LogP contribution in [-0.4, -0.2) is 11.0 Å². The SMILES string of the molecule is CCC(Cl)(Oc1ccccc1)C(=O)Nc1ccccc1. The first-order valence-corrected chi connectivity index (χ1v) is 6.81. The van der Waals surface area contributed by atoms with Crippen molar-refractivity contribution in [1.82, 2.24) is 0 Å². The van der Waals surface area contributed by atoms with Crippen LogP contribution in [-0.2, 0) is 4.79 Å². The lowest BCUT2D eigenvalue weighted by molar-refractivity contribution is -0.125. The summed E-state index contributed by atoms with van der Waals surface area (Å²) in [6, 6.07) is 18.2. The Bertz CT molecular complexity index is 559. The molecule has 1 unspecified atom stereocenters. The maximum Gasteiger partial charge on any atom is 0.284 e. The van der Waals surface area contributed by atoms with Crippen LogP contribution in [0.1, 0.15) is 13.3 Å². The minimum absolute atomic E-state index is 0.349. The van der Waals surface area contributed by atoms with Crippen LogP contribution in [0.25, 0.3) is 0 Å². The summed E-state index contributed by atoms with van der Waals surface area (Å²) in [7, 11) is 0. The number of nitrogens with one attached hydrogen (secondary N) is 1. The Hall–Kier alpha value is -2.00. The summed E-state index contributed by atoms with van der Waals surface area (Å²) in [5.74, 6) is 0.185. The number of hydrogen-bond acceptors (Lipinski definition) is 2. The van der Waals surface area contributed by atoms with E-state index >= 15 is 0 Å². The molecule has 0 saturated carbocycles. The standard InChI is InChI=1S/C16H16ClNO2/c1-2-16(17,20-14-11-7-4-8-12-14)15(19)18-13-9-5-3-6-10-13/h3-12H,2H2,1H3,(H,18,19). The number of carbonyl (C=O) groups excluding carboxylic acids is 1. The molecule has 0 aromatic heterocycles. The van der Waals surface area contributed by atoms with E-state index in [0.29, 0.717) is 17.9 Å². The van der Waals surface area contributed by atoms with E-state index in [0.717, 1.165) is 0 Å². The molecule has 1 atom stereocenters. The van der Waals surface area contributed by atoms with Gasteiger partial charge in [-0.1, -0.05) is 54.9 Å². The summed E-state index contributed by atoms with van der Waals surface area (Å²) in [5, 5.41) is 1.34. The van der Waals surface area contributed by atoms with Crippen LogP contribution >= 0.6 is 11.6 Å². The number of halogens is 1. The van der Waals surface area contributed by atoms with Gasteiger partial charge in [0.15, 0.2) is 0 Å². The Kier molecular flexibility index (Phi) is 4.64. The van der Waals surface area contributed by atoms with Crippen molar-refractivity contribution in [1.29, 1.82) is 0 Å². The number of hydrogen-bond donors (Lipinski definition) is 1. The number of alkyl halides is 1. The monoisotopic (exact) mass is 289 g/mol. The molecule has 0 aliphatic rings. The highest BCUT2D eigenvalue weighted by atomic mass is 35.5. The summed E-state index contributed by atoms with van der Waals surface area (Å²) in [6.07, 6.45) is 0.349. The lowest BCUT2D eigenvalue weighted by Crippen LogP contribution is -2.42. The first kappa shape index (κ1) is 14.4. The van der Waals surface area contributed by atoms with Crippen LogP contribution < -0.4 is 10.1 Å². The van der Waals surface area contributed by atoms with Gasteiger partial charge in [-0.2, -0.15) is 0 Å². The van der Waals surface area contributed by atoms with Crippen molar-refractivity contribution in [3.05, 3.63) is 60.7 Å². The first-order valence-electron chi connectivity index (χ1n) is 6.43. The molecule has 20 heavy (non-hydrogen) atoms. The largest absolute Gasteiger partial charge is 0.462 e. The van der Waals surface area contributed by atoms with Crippen LogP contribution in [0.2, 0.25) is 0 Å². The van der Waals surface area contributed by atoms with Crippen LogP contribution in [0, 0.1) is 0 Å². The maximum atomic E-state index is 12.3. The third-order valence-electron chi connectivity index (χ3n) is 2.85. The normalized spacial score (nSPS) is 13.3. The first-order chi connectivity index (χ1) is 9.64. The molecule has 2 aromatic carbocycles. The zero-order valence-electron chi connectivity index (χ0n) is 11.2. The van der Waals surface area contributed by atoms with Crippen LogP contribution in [0.3, 0.4) is 0 Å². The molecule has 2 aromatic rings. The van der Waals surface area contributed by atoms with Crippen LogP contribution in [0.15, 0.2) is 60.7 Å². The maximum absolute atomic E-state index is 12.3. The van der Waals surface area contributed by atoms with Gasteiger partial charge in [-0.25, -0.2) is 0 Å².